The van der Waals surface area contributed by atoms with Gasteiger partial charge in [-0.2, -0.15) is 0 Å². The Morgan fingerprint density at radius 1 is 1.44 bits per heavy atom. The third-order valence-electron chi connectivity index (χ3n) is 2.92. The highest BCUT2D eigenvalue weighted by Gasteiger charge is 2.12. The van der Waals surface area contributed by atoms with Gasteiger partial charge in [0, 0.05) is 43.9 Å². The first-order chi connectivity index (χ1) is 8.74. The zero-order valence-electron chi connectivity index (χ0n) is 10.7. The Morgan fingerprint density at radius 3 is 2.94 bits per heavy atom. The van der Waals surface area contributed by atoms with Crippen LogP contribution in [0.15, 0.2) is 30.6 Å². The average Bonchev–Trinajstić information content (AvgIpc) is 2.66. The Morgan fingerprint density at radius 2 is 2.28 bits per heavy atom. The standard InChI is InChI=1S/C14H17ClN2O/c1-11-9-13(15)14(12-5-3-6-16-10-12)17(11)7-4-8-18-2/h3,5-6,9-10H,4,7-8H2,1-2H3. The molecule has 0 radical (unpaired) electrons. The predicted octanol–water partition coefficient (Wildman–Crippen LogP) is 3.55. The lowest BCUT2D eigenvalue weighted by molar-refractivity contribution is 0.190. The Labute approximate surface area is 112 Å². The van der Waals surface area contributed by atoms with Gasteiger partial charge < -0.3 is 9.30 Å². The minimum Gasteiger partial charge on any atom is -0.385 e. The summed E-state index contributed by atoms with van der Waals surface area (Å²) in [5, 5.41) is 0.776. The number of methoxy groups -OCH3 is 1. The zero-order valence-corrected chi connectivity index (χ0v) is 11.4. The summed E-state index contributed by atoms with van der Waals surface area (Å²) in [7, 11) is 1.72. The van der Waals surface area contributed by atoms with Gasteiger partial charge in [0.15, 0.2) is 0 Å². The summed E-state index contributed by atoms with van der Waals surface area (Å²) in [6.45, 7) is 3.72. The quantitative estimate of drug-likeness (QED) is 0.773. The minimum atomic E-state index is 0.752. The number of aryl methyl sites for hydroxylation is 1. The van der Waals surface area contributed by atoms with Gasteiger partial charge in [-0.3, -0.25) is 4.98 Å². The van der Waals surface area contributed by atoms with E-state index in [2.05, 4.69) is 16.5 Å². The van der Waals surface area contributed by atoms with Gasteiger partial charge in [-0.1, -0.05) is 11.6 Å². The van der Waals surface area contributed by atoms with Gasteiger partial charge in [0.05, 0.1) is 10.7 Å². The molecule has 0 aliphatic rings. The monoisotopic (exact) mass is 264 g/mol. The Kier molecular flexibility index (Phi) is 4.39. The van der Waals surface area contributed by atoms with Crippen LogP contribution in [-0.2, 0) is 11.3 Å². The van der Waals surface area contributed by atoms with Gasteiger partial charge >= 0.3 is 0 Å². The zero-order chi connectivity index (χ0) is 13.0. The highest BCUT2D eigenvalue weighted by atomic mass is 35.5. The van der Waals surface area contributed by atoms with Crippen molar-refractivity contribution >= 4 is 11.6 Å². The number of rotatable bonds is 5. The van der Waals surface area contributed by atoms with Gasteiger partial charge in [-0.15, -0.1) is 0 Å². The molecule has 3 nitrogen and oxygen atoms in total. The maximum absolute atomic E-state index is 6.32. The molecule has 2 rings (SSSR count). The molecule has 2 aromatic rings. The molecule has 0 unspecified atom stereocenters. The van der Waals surface area contributed by atoms with Crippen LogP contribution < -0.4 is 0 Å². The molecule has 0 spiro atoms. The van der Waals surface area contributed by atoms with Crippen molar-refractivity contribution in [3.63, 3.8) is 0 Å². The Hall–Kier alpha value is -1.32. The highest BCUT2D eigenvalue weighted by Crippen LogP contribution is 2.31. The first-order valence-electron chi connectivity index (χ1n) is 5.99. The summed E-state index contributed by atoms with van der Waals surface area (Å²) in [6.07, 6.45) is 4.57. The minimum absolute atomic E-state index is 0.752. The normalized spacial score (nSPS) is 10.8. The predicted molar refractivity (Wildman–Crippen MR) is 73.9 cm³/mol. The van der Waals surface area contributed by atoms with Crippen molar-refractivity contribution in [2.24, 2.45) is 0 Å². The van der Waals surface area contributed by atoms with Crippen molar-refractivity contribution < 1.29 is 4.74 Å². The maximum Gasteiger partial charge on any atom is 0.0687 e. The molecule has 2 aromatic heterocycles. The largest absolute Gasteiger partial charge is 0.385 e. The lowest BCUT2D eigenvalue weighted by atomic mass is 10.2. The fourth-order valence-corrected chi connectivity index (χ4v) is 2.46. The number of aromatic nitrogens is 2. The van der Waals surface area contributed by atoms with E-state index >= 15 is 0 Å². The van der Waals surface area contributed by atoms with Crippen molar-refractivity contribution in [3.05, 3.63) is 41.3 Å². The van der Waals surface area contributed by atoms with Crippen LogP contribution >= 0.6 is 11.6 Å². The van der Waals surface area contributed by atoms with Crippen molar-refractivity contribution in [1.29, 1.82) is 0 Å². The third-order valence-corrected chi connectivity index (χ3v) is 3.21. The van der Waals surface area contributed by atoms with E-state index in [1.54, 1.807) is 13.3 Å². The van der Waals surface area contributed by atoms with Gasteiger partial charge in [0.2, 0.25) is 0 Å². The number of ether oxygens (including phenoxy) is 1. The number of hydrogen-bond acceptors (Lipinski definition) is 2. The number of halogens is 1. The Bertz CT molecular complexity index is 508. The van der Waals surface area contributed by atoms with E-state index < -0.39 is 0 Å². The molecule has 0 atom stereocenters. The molecule has 2 heterocycles. The summed E-state index contributed by atoms with van der Waals surface area (Å²) in [4.78, 5) is 4.15. The van der Waals surface area contributed by atoms with E-state index in [1.165, 1.54) is 0 Å². The van der Waals surface area contributed by atoms with Crippen molar-refractivity contribution in [2.75, 3.05) is 13.7 Å². The first-order valence-corrected chi connectivity index (χ1v) is 6.37. The van der Waals surface area contributed by atoms with E-state index in [-0.39, 0.29) is 0 Å². The molecule has 0 saturated heterocycles. The molecular formula is C14H17ClN2O. The van der Waals surface area contributed by atoms with Gasteiger partial charge in [-0.05, 0) is 31.5 Å². The van der Waals surface area contributed by atoms with E-state index in [0.717, 1.165) is 41.5 Å². The highest BCUT2D eigenvalue weighted by molar-refractivity contribution is 6.33. The van der Waals surface area contributed by atoms with E-state index in [9.17, 15) is 0 Å². The second-order valence-corrected chi connectivity index (χ2v) is 4.63. The van der Waals surface area contributed by atoms with Crippen LogP contribution in [0.25, 0.3) is 11.3 Å². The molecule has 0 fully saturated rings. The van der Waals surface area contributed by atoms with Crippen LogP contribution in [0, 0.1) is 6.92 Å². The van der Waals surface area contributed by atoms with Crippen LogP contribution in [0.1, 0.15) is 12.1 Å². The molecule has 0 amide bonds. The molecule has 0 bridgehead atoms. The summed E-state index contributed by atoms with van der Waals surface area (Å²) in [6, 6.07) is 5.95. The van der Waals surface area contributed by atoms with Crippen molar-refractivity contribution in [1.82, 2.24) is 9.55 Å². The van der Waals surface area contributed by atoms with Crippen LogP contribution in [-0.4, -0.2) is 23.3 Å². The maximum atomic E-state index is 6.32. The lowest BCUT2D eigenvalue weighted by Crippen LogP contribution is -2.05. The van der Waals surface area contributed by atoms with E-state index in [0.29, 0.717) is 0 Å². The van der Waals surface area contributed by atoms with Crippen LogP contribution in [0.4, 0.5) is 0 Å². The molecule has 0 aliphatic carbocycles. The van der Waals surface area contributed by atoms with E-state index in [1.807, 2.05) is 24.4 Å². The second-order valence-electron chi connectivity index (χ2n) is 4.22. The summed E-state index contributed by atoms with van der Waals surface area (Å²) in [5.74, 6) is 0. The van der Waals surface area contributed by atoms with Gasteiger partial charge in [0.25, 0.3) is 0 Å². The smallest absolute Gasteiger partial charge is 0.0687 e. The Balaban J connectivity index is 2.34. The lowest BCUT2D eigenvalue weighted by Gasteiger charge is -2.11. The third kappa shape index (κ3) is 2.74. The van der Waals surface area contributed by atoms with Crippen LogP contribution in [0.3, 0.4) is 0 Å². The van der Waals surface area contributed by atoms with E-state index in [4.69, 9.17) is 16.3 Å². The van der Waals surface area contributed by atoms with Gasteiger partial charge in [0.1, 0.15) is 0 Å². The average molecular weight is 265 g/mol. The second kappa shape index (κ2) is 6.03. The molecule has 4 heteroatoms. The summed E-state index contributed by atoms with van der Waals surface area (Å²) < 4.78 is 7.32. The molecule has 96 valence electrons. The van der Waals surface area contributed by atoms with Crippen LogP contribution in [0.5, 0.6) is 0 Å². The molecular weight excluding hydrogens is 248 g/mol. The number of nitrogens with zero attached hydrogens (tertiary/aromatic N) is 2. The first kappa shape index (κ1) is 13.1. The fourth-order valence-electron chi connectivity index (χ4n) is 2.09. The summed E-state index contributed by atoms with van der Waals surface area (Å²) in [5.41, 5.74) is 3.25. The molecule has 18 heavy (non-hydrogen) atoms. The SMILES string of the molecule is COCCCn1c(C)cc(Cl)c1-c1cccnc1. The van der Waals surface area contributed by atoms with Crippen molar-refractivity contribution in [3.8, 4) is 11.3 Å². The van der Waals surface area contributed by atoms with Gasteiger partial charge in [-0.25, -0.2) is 0 Å². The molecule has 0 N–H and O–H groups in total. The number of pyridine rings is 1. The molecule has 0 aromatic carbocycles. The van der Waals surface area contributed by atoms with Crippen molar-refractivity contribution in [2.45, 2.75) is 19.9 Å². The fraction of sp³-hybridized carbons (Fsp3) is 0.357. The topological polar surface area (TPSA) is 27.1 Å². The molecule has 0 aliphatic heterocycles. The number of hydrogen-bond donors (Lipinski definition) is 0. The summed E-state index contributed by atoms with van der Waals surface area (Å²) >= 11 is 6.32. The van der Waals surface area contributed by atoms with Crippen LogP contribution in [0.2, 0.25) is 5.02 Å². The molecule has 0 saturated carbocycles.